The van der Waals surface area contributed by atoms with Crippen molar-refractivity contribution in [2.45, 2.75) is 6.61 Å². The Kier molecular flexibility index (Phi) is 4.32. The van der Waals surface area contributed by atoms with Gasteiger partial charge in [-0.3, -0.25) is 4.79 Å². The summed E-state index contributed by atoms with van der Waals surface area (Å²) in [5.74, 6) is -0.191. The number of hydrogen-bond acceptors (Lipinski definition) is 3. The Bertz CT molecular complexity index is 301. The summed E-state index contributed by atoms with van der Waals surface area (Å²) in [5, 5.41) is 0. The molecule has 0 saturated carbocycles. The Morgan fingerprint density at radius 2 is 2.15 bits per heavy atom. The van der Waals surface area contributed by atoms with E-state index in [4.69, 9.17) is 4.74 Å². The smallest absolute Gasteiger partial charge is 0.315 e. The Labute approximate surface area is 90.8 Å². The number of esters is 1. The van der Waals surface area contributed by atoms with Crippen LogP contribution < -0.4 is 0 Å². The molecule has 0 fully saturated rings. The minimum Gasteiger partial charge on any atom is -0.460 e. The maximum Gasteiger partial charge on any atom is 0.315 e. The van der Waals surface area contributed by atoms with E-state index >= 15 is 0 Å². The first-order valence-corrected chi connectivity index (χ1v) is 5.16. The molecule has 0 N–H and O–H groups in total. The first-order valence-electron chi connectivity index (χ1n) is 3.74. The van der Waals surface area contributed by atoms with Gasteiger partial charge >= 0.3 is 5.97 Å². The molecule has 0 bridgehead atoms. The molecule has 0 aliphatic carbocycles. The second-order valence-corrected chi connectivity index (χ2v) is 3.58. The van der Waals surface area contributed by atoms with Crippen molar-refractivity contribution in [1.29, 1.82) is 0 Å². The van der Waals surface area contributed by atoms with Crippen LogP contribution in [0, 0.1) is 0 Å². The molecule has 0 aromatic heterocycles. The van der Waals surface area contributed by atoms with Gasteiger partial charge in [-0.15, -0.1) is 0 Å². The molecule has 0 heterocycles. The minimum absolute atomic E-state index is 0.116. The summed E-state index contributed by atoms with van der Waals surface area (Å²) < 4.78 is 5.86. The van der Waals surface area contributed by atoms with Crippen LogP contribution in [0.15, 0.2) is 28.7 Å². The zero-order chi connectivity index (χ0) is 9.68. The molecule has 0 aliphatic rings. The molecule has 0 spiro atoms. The average molecular weight is 261 g/mol. The fourth-order valence-electron chi connectivity index (χ4n) is 0.819. The maximum atomic E-state index is 10.8. The SMILES string of the molecule is O=C(CS)OCc1ccccc1Br. The molecule has 0 amide bonds. The van der Waals surface area contributed by atoms with Crippen molar-refractivity contribution < 1.29 is 9.53 Å². The van der Waals surface area contributed by atoms with Gasteiger partial charge in [0.25, 0.3) is 0 Å². The monoisotopic (exact) mass is 260 g/mol. The molecule has 1 aromatic carbocycles. The molecular weight excluding hydrogens is 252 g/mol. The van der Waals surface area contributed by atoms with Crippen LogP contribution in [0.5, 0.6) is 0 Å². The van der Waals surface area contributed by atoms with Gasteiger partial charge in [0.2, 0.25) is 0 Å². The topological polar surface area (TPSA) is 26.3 Å². The van der Waals surface area contributed by atoms with E-state index in [-0.39, 0.29) is 11.7 Å². The highest BCUT2D eigenvalue weighted by Gasteiger charge is 2.02. The predicted octanol–water partition coefficient (Wildman–Crippen LogP) is 2.42. The second-order valence-electron chi connectivity index (χ2n) is 2.41. The second kappa shape index (κ2) is 5.29. The van der Waals surface area contributed by atoms with Gasteiger partial charge in [0.15, 0.2) is 0 Å². The Hall–Kier alpha value is -0.480. The number of rotatable bonds is 3. The Morgan fingerprint density at radius 3 is 2.77 bits per heavy atom. The van der Waals surface area contributed by atoms with E-state index in [9.17, 15) is 4.79 Å². The molecule has 13 heavy (non-hydrogen) atoms. The average Bonchev–Trinajstić information content (AvgIpc) is 2.16. The van der Waals surface area contributed by atoms with Crippen LogP contribution in [0.3, 0.4) is 0 Å². The van der Waals surface area contributed by atoms with E-state index in [1.807, 2.05) is 24.3 Å². The summed E-state index contributed by atoms with van der Waals surface area (Å²) in [6.45, 7) is 0.292. The van der Waals surface area contributed by atoms with E-state index < -0.39 is 0 Å². The van der Waals surface area contributed by atoms with Crippen LogP contribution in [-0.4, -0.2) is 11.7 Å². The number of thiol groups is 1. The fraction of sp³-hybridized carbons (Fsp3) is 0.222. The van der Waals surface area contributed by atoms with Gasteiger partial charge in [-0.2, -0.15) is 12.6 Å². The molecule has 0 unspecified atom stereocenters. The van der Waals surface area contributed by atoms with Crippen molar-refractivity contribution in [3.63, 3.8) is 0 Å². The van der Waals surface area contributed by atoms with Gasteiger partial charge in [-0.05, 0) is 6.07 Å². The number of ether oxygens (including phenoxy) is 1. The number of carbonyl (C=O) groups excluding carboxylic acids is 1. The summed E-state index contributed by atoms with van der Waals surface area (Å²) in [4.78, 5) is 10.8. The van der Waals surface area contributed by atoms with Crippen LogP contribution in [0.2, 0.25) is 0 Å². The lowest BCUT2D eigenvalue weighted by Gasteiger charge is -2.04. The zero-order valence-electron chi connectivity index (χ0n) is 6.87. The third kappa shape index (κ3) is 3.40. The molecule has 0 radical (unpaired) electrons. The van der Waals surface area contributed by atoms with E-state index in [0.717, 1.165) is 10.0 Å². The number of hydrogen-bond donors (Lipinski definition) is 1. The summed E-state index contributed by atoms with van der Waals surface area (Å²) in [6.07, 6.45) is 0. The van der Waals surface area contributed by atoms with Crippen molar-refractivity contribution in [1.82, 2.24) is 0 Å². The third-order valence-electron chi connectivity index (χ3n) is 1.48. The molecule has 0 atom stereocenters. The molecular formula is C9H9BrO2S. The van der Waals surface area contributed by atoms with Crippen molar-refractivity contribution in [2.24, 2.45) is 0 Å². The van der Waals surface area contributed by atoms with Gasteiger partial charge < -0.3 is 4.74 Å². The van der Waals surface area contributed by atoms with Gasteiger partial charge in [0.1, 0.15) is 6.61 Å². The summed E-state index contributed by atoms with van der Waals surface area (Å²) in [6, 6.07) is 7.61. The molecule has 1 aromatic rings. The fourth-order valence-corrected chi connectivity index (χ4v) is 1.31. The Balaban J connectivity index is 2.54. The number of carbonyl (C=O) groups is 1. The third-order valence-corrected chi connectivity index (χ3v) is 2.51. The zero-order valence-corrected chi connectivity index (χ0v) is 9.35. The molecule has 0 saturated heterocycles. The highest BCUT2D eigenvalue weighted by molar-refractivity contribution is 9.10. The number of halogens is 1. The molecule has 70 valence electrons. The summed E-state index contributed by atoms with van der Waals surface area (Å²) >= 11 is 7.16. The van der Waals surface area contributed by atoms with Crippen LogP contribution in [-0.2, 0) is 16.1 Å². The Morgan fingerprint density at radius 1 is 1.46 bits per heavy atom. The predicted molar refractivity (Wildman–Crippen MR) is 57.8 cm³/mol. The lowest BCUT2D eigenvalue weighted by molar-refractivity contribution is -0.141. The van der Waals surface area contributed by atoms with Gasteiger partial charge in [0.05, 0.1) is 5.75 Å². The van der Waals surface area contributed by atoms with Gasteiger partial charge in [-0.1, -0.05) is 34.1 Å². The van der Waals surface area contributed by atoms with E-state index in [1.54, 1.807) is 0 Å². The van der Waals surface area contributed by atoms with Crippen LogP contribution in [0.4, 0.5) is 0 Å². The van der Waals surface area contributed by atoms with E-state index in [2.05, 4.69) is 28.6 Å². The molecule has 2 nitrogen and oxygen atoms in total. The van der Waals surface area contributed by atoms with Crippen LogP contribution in [0.1, 0.15) is 5.56 Å². The van der Waals surface area contributed by atoms with Crippen molar-refractivity contribution in [3.05, 3.63) is 34.3 Å². The van der Waals surface area contributed by atoms with Crippen molar-refractivity contribution in [3.8, 4) is 0 Å². The minimum atomic E-state index is -0.306. The number of benzene rings is 1. The largest absolute Gasteiger partial charge is 0.460 e. The highest BCUT2D eigenvalue weighted by Crippen LogP contribution is 2.16. The quantitative estimate of drug-likeness (QED) is 0.668. The van der Waals surface area contributed by atoms with E-state index in [0.29, 0.717) is 6.61 Å². The normalized spacial score (nSPS) is 9.69. The first-order chi connectivity index (χ1) is 6.24. The lowest BCUT2D eigenvalue weighted by atomic mass is 10.2. The van der Waals surface area contributed by atoms with Gasteiger partial charge in [0, 0.05) is 10.0 Å². The standard InChI is InChI=1S/C9H9BrO2S/c10-8-4-2-1-3-7(8)5-12-9(11)6-13/h1-4,13H,5-6H2. The summed E-state index contributed by atoms with van der Waals surface area (Å²) in [5.41, 5.74) is 0.956. The first kappa shape index (κ1) is 10.6. The van der Waals surface area contributed by atoms with Crippen LogP contribution >= 0.6 is 28.6 Å². The van der Waals surface area contributed by atoms with Crippen molar-refractivity contribution in [2.75, 3.05) is 5.75 Å². The highest BCUT2D eigenvalue weighted by atomic mass is 79.9. The van der Waals surface area contributed by atoms with E-state index in [1.165, 1.54) is 0 Å². The van der Waals surface area contributed by atoms with Gasteiger partial charge in [-0.25, -0.2) is 0 Å². The molecule has 4 heteroatoms. The maximum absolute atomic E-state index is 10.8. The lowest BCUT2D eigenvalue weighted by Crippen LogP contribution is -2.05. The molecule has 0 aliphatic heterocycles. The van der Waals surface area contributed by atoms with Crippen molar-refractivity contribution >= 4 is 34.5 Å². The van der Waals surface area contributed by atoms with Crippen LogP contribution in [0.25, 0.3) is 0 Å². The molecule has 1 rings (SSSR count). The summed E-state index contributed by atoms with van der Waals surface area (Å²) in [7, 11) is 0.